The van der Waals surface area contributed by atoms with Crippen molar-refractivity contribution < 1.29 is 14.3 Å². The van der Waals surface area contributed by atoms with Crippen LogP contribution in [0.15, 0.2) is 48.5 Å². The third-order valence-corrected chi connectivity index (χ3v) is 3.87. The monoisotopic (exact) mass is 369 g/mol. The first-order chi connectivity index (χ1) is 13.1. The Morgan fingerprint density at radius 3 is 2.22 bits per heavy atom. The van der Waals surface area contributed by atoms with Crippen LogP contribution in [0.25, 0.3) is 0 Å². The quantitative estimate of drug-likeness (QED) is 0.558. The van der Waals surface area contributed by atoms with Gasteiger partial charge in [0.05, 0.1) is 13.2 Å². The molecular formula is C21H27N3O3. The number of benzene rings is 2. The van der Waals surface area contributed by atoms with Gasteiger partial charge in [-0.25, -0.2) is 0 Å². The van der Waals surface area contributed by atoms with E-state index in [1.54, 1.807) is 24.3 Å². The van der Waals surface area contributed by atoms with E-state index in [-0.39, 0.29) is 18.4 Å². The maximum Gasteiger partial charge on any atom is 0.251 e. The molecule has 0 aromatic heterocycles. The van der Waals surface area contributed by atoms with Gasteiger partial charge in [0, 0.05) is 23.5 Å². The van der Waals surface area contributed by atoms with Crippen molar-refractivity contribution in [3.05, 3.63) is 54.1 Å². The molecule has 6 nitrogen and oxygen atoms in total. The lowest BCUT2D eigenvalue weighted by atomic mass is 10.2. The van der Waals surface area contributed by atoms with Gasteiger partial charge in [0.25, 0.3) is 5.91 Å². The summed E-state index contributed by atoms with van der Waals surface area (Å²) in [5.74, 6) is 0.536. The van der Waals surface area contributed by atoms with Crippen molar-refractivity contribution in [3.8, 4) is 5.75 Å². The summed E-state index contributed by atoms with van der Waals surface area (Å²) in [4.78, 5) is 24.0. The number of ether oxygens (including phenoxy) is 1. The van der Waals surface area contributed by atoms with Gasteiger partial charge < -0.3 is 20.7 Å². The molecule has 0 aliphatic heterocycles. The van der Waals surface area contributed by atoms with Gasteiger partial charge in [-0.3, -0.25) is 9.59 Å². The molecule has 2 aromatic rings. The molecule has 0 spiro atoms. The van der Waals surface area contributed by atoms with E-state index in [2.05, 4.69) is 22.9 Å². The second-order valence-electron chi connectivity index (χ2n) is 6.05. The Balaban J connectivity index is 1.78. The number of rotatable bonds is 10. The Hall–Kier alpha value is -3.02. The molecule has 3 N–H and O–H groups in total. The summed E-state index contributed by atoms with van der Waals surface area (Å²) < 4.78 is 5.38. The van der Waals surface area contributed by atoms with E-state index < -0.39 is 0 Å². The summed E-state index contributed by atoms with van der Waals surface area (Å²) in [5.41, 5.74) is 2.07. The number of hydrogen-bond acceptors (Lipinski definition) is 4. The highest BCUT2D eigenvalue weighted by Gasteiger charge is 2.06. The fourth-order valence-corrected chi connectivity index (χ4v) is 2.41. The smallest absolute Gasteiger partial charge is 0.251 e. The summed E-state index contributed by atoms with van der Waals surface area (Å²) >= 11 is 0. The van der Waals surface area contributed by atoms with Crippen molar-refractivity contribution >= 4 is 23.2 Å². The third kappa shape index (κ3) is 7.01. The minimum atomic E-state index is -0.163. The maximum atomic E-state index is 12.1. The lowest BCUT2D eigenvalue weighted by Gasteiger charge is -2.09. The van der Waals surface area contributed by atoms with E-state index in [0.29, 0.717) is 24.4 Å². The molecule has 27 heavy (non-hydrogen) atoms. The molecule has 0 aliphatic carbocycles. The minimum Gasteiger partial charge on any atom is -0.494 e. The number of nitrogens with one attached hydrogen (secondary N) is 3. The van der Waals surface area contributed by atoms with Crippen LogP contribution in [0.3, 0.4) is 0 Å². The predicted octanol–water partition coefficient (Wildman–Crippen LogP) is 3.67. The fraction of sp³-hybridized carbons (Fsp3) is 0.333. The van der Waals surface area contributed by atoms with Crippen LogP contribution in [0.2, 0.25) is 0 Å². The van der Waals surface area contributed by atoms with E-state index in [4.69, 9.17) is 4.74 Å². The zero-order valence-corrected chi connectivity index (χ0v) is 15.9. The first-order valence-corrected chi connectivity index (χ1v) is 9.27. The van der Waals surface area contributed by atoms with Gasteiger partial charge in [-0.1, -0.05) is 13.3 Å². The van der Waals surface area contributed by atoms with E-state index >= 15 is 0 Å². The highest BCUT2D eigenvalue weighted by Crippen LogP contribution is 2.15. The SMILES string of the molecule is CCCCNC(=O)c1ccc(NC(=O)CNc2ccc(OCC)cc2)cc1. The molecule has 2 aromatic carbocycles. The van der Waals surface area contributed by atoms with Crippen LogP contribution in [0.4, 0.5) is 11.4 Å². The van der Waals surface area contributed by atoms with Crippen LogP contribution in [-0.4, -0.2) is 31.5 Å². The van der Waals surface area contributed by atoms with E-state index in [0.717, 1.165) is 24.3 Å². The van der Waals surface area contributed by atoms with Gasteiger partial charge in [0.15, 0.2) is 0 Å². The van der Waals surface area contributed by atoms with Crippen molar-refractivity contribution in [1.29, 1.82) is 0 Å². The van der Waals surface area contributed by atoms with E-state index in [1.807, 2.05) is 31.2 Å². The Labute approximate surface area is 160 Å². The van der Waals surface area contributed by atoms with Crippen molar-refractivity contribution in [2.75, 3.05) is 30.3 Å². The van der Waals surface area contributed by atoms with Crippen molar-refractivity contribution in [3.63, 3.8) is 0 Å². The second-order valence-corrected chi connectivity index (χ2v) is 6.05. The predicted molar refractivity (Wildman–Crippen MR) is 108 cm³/mol. The van der Waals surface area contributed by atoms with Crippen molar-refractivity contribution in [2.45, 2.75) is 26.7 Å². The molecule has 0 saturated heterocycles. The van der Waals surface area contributed by atoms with E-state index in [9.17, 15) is 9.59 Å². The topological polar surface area (TPSA) is 79.5 Å². The van der Waals surface area contributed by atoms with Crippen LogP contribution in [0.1, 0.15) is 37.0 Å². The molecule has 0 radical (unpaired) electrons. The molecule has 6 heteroatoms. The number of anilines is 2. The molecule has 144 valence electrons. The van der Waals surface area contributed by atoms with Gasteiger partial charge >= 0.3 is 0 Å². The highest BCUT2D eigenvalue weighted by molar-refractivity contribution is 5.96. The summed E-state index contributed by atoms with van der Waals surface area (Å²) in [5, 5.41) is 8.73. The Morgan fingerprint density at radius 2 is 1.59 bits per heavy atom. The largest absolute Gasteiger partial charge is 0.494 e. The summed E-state index contributed by atoms with van der Waals surface area (Å²) in [6.07, 6.45) is 2.00. The van der Waals surface area contributed by atoms with Crippen molar-refractivity contribution in [2.24, 2.45) is 0 Å². The lowest BCUT2D eigenvalue weighted by molar-refractivity contribution is -0.114. The average molecular weight is 369 g/mol. The number of hydrogen-bond donors (Lipinski definition) is 3. The Bertz CT molecular complexity index is 727. The van der Waals surface area contributed by atoms with Crippen molar-refractivity contribution in [1.82, 2.24) is 5.32 Å². The molecule has 0 atom stereocenters. The maximum absolute atomic E-state index is 12.1. The molecule has 2 rings (SSSR count). The molecule has 2 amide bonds. The fourth-order valence-electron chi connectivity index (χ4n) is 2.41. The van der Waals surface area contributed by atoms with Gasteiger partial charge in [-0.2, -0.15) is 0 Å². The average Bonchev–Trinajstić information content (AvgIpc) is 2.68. The Kier molecular flexibility index (Phi) is 8.16. The van der Waals surface area contributed by atoms with Gasteiger partial charge in [0.1, 0.15) is 5.75 Å². The molecule has 0 unspecified atom stereocenters. The lowest BCUT2D eigenvalue weighted by Crippen LogP contribution is -2.24. The first-order valence-electron chi connectivity index (χ1n) is 9.27. The van der Waals surface area contributed by atoms with Crippen LogP contribution in [0.5, 0.6) is 5.75 Å². The first kappa shape index (κ1) is 20.3. The third-order valence-electron chi connectivity index (χ3n) is 3.87. The number of amides is 2. The summed E-state index contributed by atoms with van der Waals surface area (Å²) in [6.45, 7) is 5.45. The zero-order valence-electron chi connectivity index (χ0n) is 15.9. The molecule has 0 heterocycles. The summed E-state index contributed by atoms with van der Waals surface area (Å²) in [7, 11) is 0. The summed E-state index contributed by atoms with van der Waals surface area (Å²) in [6, 6.07) is 14.3. The highest BCUT2D eigenvalue weighted by atomic mass is 16.5. The molecule has 0 bridgehead atoms. The molecule has 0 aliphatic rings. The number of carbonyl (C=O) groups is 2. The van der Waals surface area contributed by atoms with Gasteiger partial charge in [0.2, 0.25) is 5.91 Å². The van der Waals surface area contributed by atoms with Crippen LogP contribution >= 0.6 is 0 Å². The van der Waals surface area contributed by atoms with Crippen LogP contribution in [0, 0.1) is 0 Å². The minimum absolute atomic E-state index is 0.0986. The Morgan fingerprint density at radius 1 is 0.926 bits per heavy atom. The second kappa shape index (κ2) is 10.9. The van der Waals surface area contributed by atoms with Gasteiger partial charge in [-0.05, 0) is 61.9 Å². The zero-order chi connectivity index (χ0) is 19.5. The van der Waals surface area contributed by atoms with Crippen LogP contribution < -0.4 is 20.7 Å². The molecular weight excluding hydrogens is 342 g/mol. The molecule has 0 fully saturated rings. The molecule has 0 saturated carbocycles. The standard InChI is InChI=1S/C21H27N3O3/c1-3-5-14-22-21(26)16-6-8-18(9-7-16)24-20(25)15-23-17-10-12-19(13-11-17)27-4-2/h6-13,23H,3-5,14-15H2,1-2H3,(H,22,26)(H,24,25). The normalized spacial score (nSPS) is 10.1. The van der Waals surface area contributed by atoms with Crippen LogP contribution in [-0.2, 0) is 4.79 Å². The number of carbonyl (C=O) groups excluding carboxylic acids is 2. The number of unbranched alkanes of at least 4 members (excludes halogenated alkanes) is 1. The van der Waals surface area contributed by atoms with Gasteiger partial charge in [-0.15, -0.1) is 0 Å². The van der Waals surface area contributed by atoms with E-state index in [1.165, 1.54) is 0 Å².